The molecule has 8 heteroatoms. The lowest BCUT2D eigenvalue weighted by Crippen LogP contribution is -2.35. The summed E-state index contributed by atoms with van der Waals surface area (Å²) in [5.74, 6) is 1.18. The van der Waals surface area contributed by atoms with Crippen LogP contribution in [0.1, 0.15) is 12.8 Å². The van der Waals surface area contributed by atoms with Crippen LogP contribution in [0.25, 0.3) is 33.2 Å². The molecule has 8 nitrogen and oxygen atoms in total. The normalized spacial score (nSPS) is 15.8. The van der Waals surface area contributed by atoms with Crippen molar-refractivity contribution in [3.63, 3.8) is 0 Å². The second-order valence-corrected chi connectivity index (χ2v) is 7.44. The van der Waals surface area contributed by atoms with E-state index in [0.29, 0.717) is 11.8 Å². The molecule has 1 aromatic carbocycles. The third-order valence-corrected chi connectivity index (χ3v) is 5.44. The molecule has 0 aliphatic carbocycles. The zero-order valence-electron chi connectivity index (χ0n) is 16.5. The van der Waals surface area contributed by atoms with Gasteiger partial charge in [-0.1, -0.05) is 6.07 Å². The molecule has 0 saturated carbocycles. The topological polar surface area (TPSA) is 91.9 Å². The van der Waals surface area contributed by atoms with Gasteiger partial charge in [0.25, 0.3) is 0 Å². The van der Waals surface area contributed by atoms with Crippen LogP contribution in [0.15, 0.2) is 36.8 Å². The largest absolute Gasteiger partial charge is 0.473 e. The van der Waals surface area contributed by atoms with Crippen LogP contribution in [0.4, 0.5) is 5.95 Å². The van der Waals surface area contributed by atoms with E-state index < -0.39 is 0 Å². The third-order valence-electron chi connectivity index (χ3n) is 5.44. The van der Waals surface area contributed by atoms with Crippen LogP contribution in [0.3, 0.4) is 0 Å². The number of aromatic nitrogens is 5. The Morgan fingerprint density at radius 3 is 2.79 bits per heavy atom. The molecule has 4 aromatic rings. The summed E-state index contributed by atoms with van der Waals surface area (Å²) >= 11 is 0. The maximum atomic E-state index is 6.10. The van der Waals surface area contributed by atoms with Crippen LogP contribution in [-0.2, 0) is 0 Å². The molecule has 0 amide bonds. The minimum atomic E-state index is 0.202. The van der Waals surface area contributed by atoms with Gasteiger partial charge in [0, 0.05) is 43.5 Å². The Hall–Kier alpha value is -3.26. The molecule has 1 aliphatic rings. The highest BCUT2D eigenvalue weighted by Gasteiger charge is 2.19. The number of fused-ring (bicyclic) bond motifs is 2. The first-order valence-electron chi connectivity index (χ1n) is 9.84. The van der Waals surface area contributed by atoms with Gasteiger partial charge in [-0.15, -0.1) is 0 Å². The average Bonchev–Trinajstić information content (AvgIpc) is 3.18. The smallest absolute Gasteiger partial charge is 0.233 e. The Morgan fingerprint density at radius 1 is 1.10 bits per heavy atom. The van der Waals surface area contributed by atoms with Crippen molar-refractivity contribution < 1.29 is 4.74 Å². The van der Waals surface area contributed by atoms with E-state index in [1.54, 1.807) is 13.2 Å². The van der Waals surface area contributed by atoms with E-state index in [0.717, 1.165) is 59.1 Å². The number of piperidine rings is 1. The van der Waals surface area contributed by atoms with Crippen molar-refractivity contribution in [2.45, 2.75) is 18.9 Å². The van der Waals surface area contributed by atoms with Gasteiger partial charge >= 0.3 is 0 Å². The number of aromatic amines is 1. The van der Waals surface area contributed by atoms with Gasteiger partial charge in [0.2, 0.25) is 11.8 Å². The third kappa shape index (κ3) is 3.47. The van der Waals surface area contributed by atoms with Crippen molar-refractivity contribution in [2.24, 2.45) is 0 Å². The van der Waals surface area contributed by atoms with Gasteiger partial charge in [0.1, 0.15) is 11.8 Å². The lowest BCUT2D eigenvalue weighted by molar-refractivity contribution is 0.110. The van der Waals surface area contributed by atoms with E-state index in [4.69, 9.17) is 9.72 Å². The number of anilines is 1. The van der Waals surface area contributed by atoms with E-state index >= 15 is 0 Å². The van der Waals surface area contributed by atoms with Crippen LogP contribution in [0.5, 0.6) is 5.88 Å². The molecular weight excluding hydrogens is 366 g/mol. The Balaban J connectivity index is 1.46. The zero-order valence-corrected chi connectivity index (χ0v) is 16.5. The monoisotopic (exact) mass is 389 g/mol. The second kappa shape index (κ2) is 7.29. The van der Waals surface area contributed by atoms with E-state index in [9.17, 15) is 0 Å². The number of likely N-dealkylation sites (tertiary alicyclic amines) is 1. The Labute approximate surface area is 168 Å². The lowest BCUT2D eigenvalue weighted by atomic mass is 10.1. The number of nitrogens with one attached hydrogen (secondary N) is 2. The quantitative estimate of drug-likeness (QED) is 0.554. The van der Waals surface area contributed by atoms with Crippen LogP contribution in [0, 0.1) is 0 Å². The second-order valence-electron chi connectivity index (χ2n) is 7.44. The van der Waals surface area contributed by atoms with Crippen LogP contribution >= 0.6 is 0 Å². The van der Waals surface area contributed by atoms with Crippen LogP contribution < -0.4 is 10.1 Å². The van der Waals surface area contributed by atoms with Gasteiger partial charge in [0.15, 0.2) is 0 Å². The van der Waals surface area contributed by atoms with Crippen molar-refractivity contribution >= 4 is 28.0 Å². The number of hydrogen-bond donors (Lipinski definition) is 2. The molecule has 1 saturated heterocycles. The van der Waals surface area contributed by atoms with Gasteiger partial charge in [-0.3, -0.25) is 0 Å². The maximum Gasteiger partial charge on any atom is 0.233 e. The van der Waals surface area contributed by atoms with Crippen LogP contribution in [0.2, 0.25) is 0 Å². The van der Waals surface area contributed by atoms with Crippen molar-refractivity contribution in [3.8, 4) is 17.0 Å². The van der Waals surface area contributed by atoms with Crippen molar-refractivity contribution in [1.82, 2.24) is 29.8 Å². The summed E-state index contributed by atoms with van der Waals surface area (Å²) in [4.78, 5) is 23.6. The fourth-order valence-electron chi connectivity index (χ4n) is 3.76. The Kier molecular flexibility index (Phi) is 4.48. The molecule has 0 atom stereocenters. The number of rotatable bonds is 4. The van der Waals surface area contributed by atoms with Gasteiger partial charge in [-0.25, -0.2) is 15.0 Å². The predicted octanol–water partition coefficient (Wildman–Crippen LogP) is 3.08. The zero-order chi connectivity index (χ0) is 19.8. The highest BCUT2D eigenvalue weighted by Crippen LogP contribution is 2.30. The standard InChI is InChI=1S/C21H23N7O/c1-22-21-25-11-16-15(10-24-20(16)27-21)13-3-4-17-18(9-13)26-19(12-23-17)29-14-5-7-28(2)8-6-14/h3-4,9-12,14H,5-8H2,1-2H3,(H2,22,24,25,27). The molecule has 0 radical (unpaired) electrons. The average molecular weight is 389 g/mol. The van der Waals surface area contributed by atoms with E-state index in [-0.39, 0.29) is 6.10 Å². The van der Waals surface area contributed by atoms with Crippen molar-refractivity contribution in [2.75, 3.05) is 32.5 Å². The SMILES string of the molecule is CNc1ncc2c(-c3ccc4ncc(OC5CCN(C)CC5)nc4c3)c[nH]c2n1. The molecule has 29 heavy (non-hydrogen) atoms. The summed E-state index contributed by atoms with van der Waals surface area (Å²) in [6, 6.07) is 6.07. The predicted molar refractivity (Wildman–Crippen MR) is 113 cm³/mol. The molecule has 1 fully saturated rings. The number of ether oxygens (including phenoxy) is 1. The summed E-state index contributed by atoms with van der Waals surface area (Å²) < 4.78 is 6.10. The maximum absolute atomic E-state index is 6.10. The first-order valence-corrected chi connectivity index (χ1v) is 9.84. The summed E-state index contributed by atoms with van der Waals surface area (Å²) in [5.41, 5.74) is 4.53. The van der Waals surface area contributed by atoms with Gasteiger partial charge in [-0.2, -0.15) is 4.98 Å². The molecule has 0 unspecified atom stereocenters. The summed E-state index contributed by atoms with van der Waals surface area (Å²) in [6.45, 7) is 2.10. The Morgan fingerprint density at radius 2 is 1.97 bits per heavy atom. The molecule has 1 aliphatic heterocycles. The fourth-order valence-corrected chi connectivity index (χ4v) is 3.76. The molecule has 5 rings (SSSR count). The van der Waals surface area contributed by atoms with Gasteiger partial charge < -0.3 is 19.9 Å². The highest BCUT2D eigenvalue weighted by molar-refractivity contribution is 5.95. The van der Waals surface area contributed by atoms with Crippen molar-refractivity contribution in [3.05, 3.63) is 36.8 Å². The molecule has 0 bridgehead atoms. The lowest BCUT2D eigenvalue weighted by Gasteiger charge is -2.28. The molecule has 4 heterocycles. The number of nitrogens with zero attached hydrogens (tertiary/aromatic N) is 5. The van der Waals surface area contributed by atoms with E-state index in [2.05, 4.69) is 37.2 Å². The first kappa shape index (κ1) is 17.8. The Bertz CT molecular complexity index is 1160. The number of benzene rings is 1. The minimum absolute atomic E-state index is 0.202. The molecule has 3 aromatic heterocycles. The summed E-state index contributed by atoms with van der Waals surface area (Å²) in [7, 11) is 3.95. The van der Waals surface area contributed by atoms with Crippen molar-refractivity contribution in [1.29, 1.82) is 0 Å². The van der Waals surface area contributed by atoms with Crippen LogP contribution in [-0.4, -0.2) is 63.1 Å². The molecule has 2 N–H and O–H groups in total. The van der Waals surface area contributed by atoms with Gasteiger partial charge in [0.05, 0.1) is 17.2 Å². The fraction of sp³-hybridized carbons (Fsp3) is 0.333. The highest BCUT2D eigenvalue weighted by atomic mass is 16.5. The first-order chi connectivity index (χ1) is 14.2. The molecule has 148 valence electrons. The van der Waals surface area contributed by atoms with E-state index in [1.807, 2.05) is 30.6 Å². The van der Waals surface area contributed by atoms with Gasteiger partial charge in [-0.05, 0) is 37.6 Å². The minimum Gasteiger partial charge on any atom is -0.473 e. The number of hydrogen-bond acceptors (Lipinski definition) is 7. The van der Waals surface area contributed by atoms with E-state index in [1.165, 1.54) is 0 Å². The summed E-state index contributed by atoms with van der Waals surface area (Å²) in [6.07, 6.45) is 7.73. The summed E-state index contributed by atoms with van der Waals surface area (Å²) in [5, 5.41) is 3.92. The number of H-pyrrole nitrogens is 1. The molecular formula is C21H23N7O. The molecule has 0 spiro atoms.